The third-order valence-corrected chi connectivity index (χ3v) is 3.17. The van der Waals surface area contributed by atoms with E-state index in [1.807, 2.05) is 25.1 Å². The van der Waals surface area contributed by atoms with Gasteiger partial charge in [-0.15, -0.1) is 0 Å². The van der Waals surface area contributed by atoms with Crippen molar-refractivity contribution in [2.45, 2.75) is 19.8 Å². The van der Waals surface area contributed by atoms with Gasteiger partial charge in [-0.25, -0.2) is 4.98 Å². The summed E-state index contributed by atoms with van der Waals surface area (Å²) in [7, 11) is 0. The van der Waals surface area contributed by atoms with Gasteiger partial charge in [0, 0.05) is 19.3 Å². The molecular weight excluding hydrogens is 262 g/mol. The first-order valence-electron chi connectivity index (χ1n) is 7.32. The third kappa shape index (κ3) is 4.60. The number of anilines is 1. The Bertz CT molecular complexity index is 569. The lowest BCUT2D eigenvalue weighted by atomic mass is 10.1. The largest absolute Gasteiger partial charge is 0.370 e. The molecule has 0 atom stereocenters. The molecule has 0 spiro atoms. The van der Waals surface area contributed by atoms with Crippen LogP contribution >= 0.6 is 0 Å². The number of nitrogens with one attached hydrogen (secondary N) is 2. The molecule has 0 aliphatic rings. The molecule has 2 aromatic rings. The van der Waals surface area contributed by atoms with Crippen LogP contribution in [0.5, 0.6) is 0 Å². The Morgan fingerprint density at radius 3 is 2.71 bits per heavy atom. The number of benzene rings is 1. The topological polar surface area (TPSA) is 54.0 Å². The van der Waals surface area contributed by atoms with Crippen molar-refractivity contribution < 1.29 is 4.79 Å². The highest BCUT2D eigenvalue weighted by atomic mass is 16.1. The van der Waals surface area contributed by atoms with Crippen molar-refractivity contribution in [1.82, 2.24) is 10.3 Å². The van der Waals surface area contributed by atoms with Gasteiger partial charge in [0.25, 0.3) is 5.91 Å². The fourth-order valence-corrected chi connectivity index (χ4v) is 2.13. The smallest absolute Gasteiger partial charge is 0.255 e. The fraction of sp³-hybridized carbons (Fsp3) is 0.294. The summed E-state index contributed by atoms with van der Waals surface area (Å²) in [6.45, 7) is 3.38. The standard InChI is InChI=1S/C17H21N3O/c1-2-18-16-15(11-7-12-19-16)17(21)20-13-6-10-14-8-4-3-5-9-14/h3-5,7-9,11-12H,2,6,10,13H2,1H3,(H,18,19)(H,20,21). The van der Waals surface area contributed by atoms with E-state index in [-0.39, 0.29) is 5.91 Å². The zero-order valence-electron chi connectivity index (χ0n) is 12.3. The molecule has 0 saturated heterocycles. The van der Waals surface area contributed by atoms with Crippen molar-refractivity contribution >= 4 is 11.7 Å². The van der Waals surface area contributed by atoms with Gasteiger partial charge in [-0.05, 0) is 37.5 Å². The number of amides is 1. The molecule has 21 heavy (non-hydrogen) atoms. The van der Waals surface area contributed by atoms with Crippen molar-refractivity contribution in [2.75, 3.05) is 18.4 Å². The van der Waals surface area contributed by atoms with Crippen molar-refractivity contribution in [3.05, 3.63) is 59.8 Å². The number of aryl methyl sites for hydroxylation is 1. The summed E-state index contributed by atoms with van der Waals surface area (Å²) in [6.07, 6.45) is 3.57. The molecule has 0 aliphatic heterocycles. The number of hydrogen-bond donors (Lipinski definition) is 2. The summed E-state index contributed by atoms with van der Waals surface area (Å²) in [5.74, 6) is 0.563. The van der Waals surface area contributed by atoms with Crippen molar-refractivity contribution in [3.8, 4) is 0 Å². The minimum Gasteiger partial charge on any atom is -0.370 e. The van der Waals surface area contributed by atoms with Crippen LogP contribution in [0.1, 0.15) is 29.3 Å². The zero-order valence-corrected chi connectivity index (χ0v) is 12.3. The first-order valence-corrected chi connectivity index (χ1v) is 7.32. The fourth-order valence-electron chi connectivity index (χ4n) is 2.13. The van der Waals surface area contributed by atoms with Gasteiger partial charge in [-0.3, -0.25) is 4.79 Å². The molecule has 0 radical (unpaired) electrons. The molecule has 0 saturated carbocycles. The summed E-state index contributed by atoms with van der Waals surface area (Å²) in [6, 6.07) is 13.9. The molecule has 0 unspecified atom stereocenters. The summed E-state index contributed by atoms with van der Waals surface area (Å²) in [4.78, 5) is 16.4. The van der Waals surface area contributed by atoms with Gasteiger partial charge < -0.3 is 10.6 Å². The first kappa shape index (κ1) is 15.0. The third-order valence-electron chi connectivity index (χ3n) is 3.17. The van der Waals surface area contributed by atoms with Crippen LogP contribution in [-0.2, 0) is 6.42 Å². The number of carbonyl (C=O) groups is 1. The van der Waals surface area contributed by atoms with Crippen LogP contribution in [0.3, 0.4) is 0 Å². The van der Waals surface area contributed by atoms with Crippen LogP contribution in [0, 0.1) is 0 Å². The molecule has 2 N–H and O–H groups in total. The zero-order chi connectivity index (χ0) is 14.9. The second kappa shape index (κ2) is 8.04. The molecule has 1 amide bonds. The summed E-state index contributed by atoms with van der Waals surface area (Å²) < 4.78 is 0. The van der Waals surface area contributed by atoms with Crippen LogP contribution in [0.4, 0.5) is 5.82 Å². The van der Waals surface area contributed by atoms with Crippen molar-refractivity contribution in [2.24, 2.45) is 0 Å². The monoisotopic (exact) mass is 283 g/mol. The van der Waals surface area contributed by atoms with E-state index in [0.717, 1.165) is 19.4 Å². The Labute approximate surface area is 125 Å². The van der Waals surface area contributed by atoms with E-state index in [1.54, 1.807) is 18.3 Å². The molecule has 0 aliphatic carbocycles. The predicted octanol–water partition coefficient (Wildman–Crippen LogP) is 2.88. The SMILES string of the molecule is CCNc1ncccc1C(=O)NCCCc1ccccc1. The minimum absolute atomic E-state index is 0.0767. The van der Waals surface area contributed by atoms with Crippen LogP contribution < -0.4 is 10.6 Å². The molecule has 4 nitrogen and oxygen atoms in total. The van der Waals surface area contributed by atoms with Gasteiger partial charge in [-0.1, -0.05) is 30.3 Å². The van der Waals surface area contributed by atoms with Gasteiger partial charge in [-0.2, -0.15) is 0 Å². The van der Waals surface area contributed by atoms with Crippen LogP contribution in [-0.4, -0.2) is 24.0 Å². The maximum absolute atomic E-state index is 12.2. The van der Waals surface area contributed by atoms with E-state index >= 15 is 0 Å². The Balaban J connectivity index is 1.82. The molecule has 110 valence electrons. The van der Waals surface area contributed by atoms with Gasteiger partial charge in [0.15, 0.2) is 0 Å². The predicted molar refractivity (Wildman–Crippen MR) is 85.5 cm³/mol. The maximum atomic E-state index is 12.2. The van der Waals surface area contributed by atoms with Gasteiger partial charge >= 0.3 is 0 Å². The average Bonchev–Trinajstić information content (AvgIpc) is 2.53. The van der Waals surface area contributed by atoms with E-state index < -0.39 is 0 Å². The molecule has 0 fully saturated rings. The Kier molecular flexibility index (Phi) is 5.76. The number of nitrogens with zero attached hydrogens (tertiary/aromatic N) is 1. The number of rotatable bonds is 7. The molecule has 1 heterocycles. The Morgan fingerprint density at radius 1 is 1.14 bits per heavy atom. The van der Waals surface area contributed by atoms with Crippen LogP contribution in [0.25, 0.3) is 0 Å². The lowest BCUT2D eigenvalue weighted by Gasteiger charge is -2.09. The number of carbonyl (C=O) groups excluding carboxylic acids is 1. The number of pyridine rings is 1. The molecule has 0 bridgehead atoms. The quantitative estimate of drug-likeness (QED) is 0.768. The van der Waals surface area contributed by atoms with Gasteiger partial charge in [0.2, 0.25) is 0 Å². The lowest BCUT2D eigenvalue weighted by molar-refractivity contribution is 0.0953. The second-order valence-corrected chi connectivity index (χ2v) is 4.77. The van der Waals surface area contributed by atoms with Crippen molar-refractivity contribution in [3.63, 3.8) is 0 Å². The summed E-state index contributed by atoms with van der Waals surface area (Å²) in [5.41, 5.74) is 1.89. The van der Waals surface area contributed by atoms with Gasteiger partial charge in [0.05, 0.1) is 5.56 Å². The minimum atomic E-state index is -0.0767. The average molecular weight is 283 g/mol. The van der Waals surface area contributed by atoms with Crippen molar-refractivity contribution in [1.29, 1.82) is 0 Å². The van der Waals surface area contributed by atoms with E-state index in [2.05, 4.69) is 27.8 Å². The summed E-state index contributed by atoms with van der Waals surface area (Å²) in [5, 5.41) is 6.05. The normalized spacial score (nSPS) is 10.1. The highest BCUT2D eigenvalue weighted by Gasteiger charge is 2.10. The van der Waals surface area contributed by atoms with E-state index in [4.69, 9.17) is 0 Å². The van der Waals surface area contributed by atoms with E-state index in [0.29, 0.717) is 17.9 Å². The molecule has 2 rings (SSSR count). The van der Waals surface area contributed by atoms with Gasteiger partial charge in [0.1, 0.15) is 5.82 Å². The van der Waals surface area contributed by atoms with Crippen LogP contribution in [0.2, 0.25) is 0 Å². The molecule has 4 heteroatoms. The number of hydrogen-bond acceptors (Lipinski definition) is 3. The molecule has 1 aromatic heterocycles. The molecular formula is C17H21N3O. The van der Waals surface area contributed by atoms with E-state index in [1.165, 1.54) is 5.56 Å². The van der Waals surface area contributed by atoms with E-state index in [9.17, 15) is 4.79 Å². The first-order chi connectivity index (χ1) is 10.3. The maximum Gasteiger partial charge on any atom is 0.255 e. The second-order valence-electron chi connectivity index (χ2n) is 4.77. The number of aromatic nitrogens is 1. The summed E-state index contributed by atoms with van der Waals surface area (Å²) >= 11 is 0. The molecule has 1 aromatic carbocycles. The Morgan fingerprint density at radius 2 is 1.95 bits per heavy atom. The van der Waals surface area contributed by atoms with Crippen LogP contribution in [0.15, 0.2) is 48.7 Å². The highest BCUT2D eigenvalue weighted by Crippen LogP contribution is 2.10. The Hall–Kier alpha value is -2.36. The highest BCUT2D eigenvalue weighted by molar-refractivity contribution is 5.98. The lowest BCUT2D eigenvalue weighted by Crippen LogP contribution is -2.26.